The predicted octanol–water partition coefficient (Wildman–Crippen LogP) is 4.18. The van der Waals surface area contributed by atoms with Gasteiger partial charge in [0.05, 0.1) is 19.4 Å². The van der Waals surface area contributed by atoms with Crippen LogP contribution in [0.2, 0.25) is 0 Å². The first-order valence-electron chi connectivity index (χ1n) is 9.81. The molecule has 31 heavy (non-hydrogen) atoms. The first kappa shape index (κ1) is 20.7. The molecule has 0 radical (unpaired) electrons. The van der Waals surface area contributed by atoms with E-state index in [2.05, 4.69) is 14.7 Å². The van der Waals surface area contributed by atoms with Crippen LogP contribution in [-0.2, 0) is 24.3 Å². The summed E-state index contributed by atoms with van der Waals surface area (Å²) in [4.78, 5) is 19.1. The molecule has 0 fully saturated rings. The number of hydrogen-bond acceptors (Lipinski definition) is 6. The minimum absolute atomic E-state index is 0.136. The molecule has 0 aliphatic heterocycles. The van der Waals surface area contributed by atoms with Gasteiger partial charge < -0.3 is 14.6 Å². The van der Waals surface area contributed by atoms with Crippen LogP contribution >= 0.6 is 11.5 Å². The van der Waals surface area contributed by atoms with E-state index in [0.717, 1.165) is 11.1 Å². The van der Waals surface area contributed by atoms with Crippen molar-refractivity contribution in [1.29, 1.82) is 0 Å². The molecule has 2 aromatic carbocycles. The average Bonchev–Trinajstić information content (AvgIpc) is 3.46. The third-order valence-corrected chi connectivity index (χ3v) is 5.41. The van der Waals surface area contributed by atoms with Gasteiger partial charge in [0.2, 0.25) is 11.0 Å². The van der Waals surface area contributed by atoms with Crippen molar-refractivity contribution in [1.82, 2.24) is 14.7 Å². The van der Waals surface area contributed by atoms with Crippen molar-refractivity contribution in [2.75, 3.05) is 11.4 Å². The zero-order valence-electron chi connectivity index (χ0n) is 16.7. The molecule has 6 nitrogen and oxygen atoms in total. The average molecular weight is 437 g/mol. The van der Waals surface area contributed by atoms with Crippen molar-refractivity contribution < 1.29 is 13.6 Å². The van der Waals surface area contributed by atoms with E-state index in [1.54, 1.807) is 24.5 Å². The number of nitrogens with one attached hydrogen (secondary N) is 1. The van der Waals surface area contributed by atoms with Crippen LogP contribution in [-0.4, -0.2) is 21.8 Å². The van der Waals surface area contributed by atoms with E-state index in [-0.39, 0.29) is 18.3 Å². The van der Waals surface area contributed by atoms with E-state index in [0.29, 0.717) is 36.2 Å². The van der Waals surface area contributed by atoms with Gasteiger partial charge in [-0.3, -0.25) is 4.79 Å². The molecule has 1 amide bonds. The number of rotatable bonds is 9. The second kappa shape index (κ2) is 9.99. The summed E-state index contributed by atoms with van der Waals surface area (Å²) < 4.78 is 22.8. The number of carbonyl (C=O) groups is 1. The highest BCUT2D eigenvalue weighted by molar-refractivity contribution is 7.09. The van der Waals surface area contributed by atoms with Crippen LogP contribution in [0, 0.1) is 5.82 Å². The lowest BCUT2D eigenvalue weighted by Gasteiger charge is -2.21. The molecule has 4 aromatic rings. The van der Waals surface area contributed by atoms with Gasteiger partial charge in [0, 0.05) is 24.5 Å². The molecule has 0 spiro atoms. The summed E-state index contributed by atoms with van der Waals surface area (Å²) in [6, 6.07) is 19.8. The van der Waals surface area contributed by atoms with E-state index in [9.17, 15) is 9.18 Å². The van der Waals surface area contributed by atoms with E-state index >= 15 is 0 Å². The van der Waals surface area contributed by atoms with E-state index in [1.807, 2.05) is 41.3 Å². The Bertz CT molecular complexity index is 1100. The third-order valence-electron chi connectivity index (χ3n) is 4.59. The van der Waals surface area contributed by atoms with Crippen LogP contribution < -0.4 is 10.2 Å². The van der Waals surface area contributed by atoms with Gasteiger partial charge in [0.25, 0.3) is 0 Å². The van der Waals surface area contributed by atoms with Crippen LogP contribution in [0.15, 0.2) is 77.4 Å². The molecular weight excluding hydrogens is 415 g/mol. The summed E-state index contributed by atoms with van der Waals surface area (Å²) in [5.74, 6) is 0.925. The summed E-state index contributed by atoms with van der Waals surface area (Å²) in [5, 5.41) is 3.53. The predicted molar refractivity (Wildman–Crippen MR) is 117 cm³/mol. The van der Waals surface area contributed by atoms with Gasteiger partial charge in [0.15, 0.2) is 0 Å². The molecule has 0 aliphatic rings. The number of carbonyl (C=O) groups excluding carboxylic acids is 1. The molecule has 2 heterocycles. The maximum atomic E-state index is 13.1. The van der Waals surface area contributed by atoms with E-state index in [1.165, 1.54) is 23.7 Å². The number of hydrogen-bond donors (Lipinski definition) is 1. The number of benzene rings is 2. The smallest absolute Gasteiger partial charge is 0.239 e. The summed E-state index contributed by atoms with van der Waals surface area (Å²) in [7, 11) is 0. The standard InChI is InChI=1S/C23H21FN4O2S/c24-19-10-8-17(9-11-19)13-21-26-23(31-27-21)28(15-18-5-2-1-3-6-18)16-22(29)25-14-20-7-4-12-30-20/h1-12H,13-16H2,(H,25,29). The molecule has 0 saturated heterocycles. The summed E-state index contributed by atoms with van der Waals surface area (Å²) in [6.45, 7) is 0.998. The fraction of sp³-hybridized carbons (Fsp3) is 0.174. The topological polar surface area (TPSA) is 71.3 Å². The largest absolute Gasteiger partial charge is 0.467 e. The van der Waals surface area contributed by atoms with Gasteiger partial charge >= 0.3 is 0 Å². The van der Waals surface area contributed by atoms with Gasteiger partial charge in [-0.05, 0) is 35.4 Å². The number of aromatic nitrogens is 2. The maximum Gasteiger partial charge on any atom is 0.239 e. The molecule has 8 heteroatoms. The Morgan fingerprint density at radius 1 is 1.03 bits per heavy atom. The first-order chi connectivity index (χ1) is 15.2. The summed E-state index contributed by atoms with van der Waals surface area (Å²) >= 11 is 1.25. The zero-order valence-corrected chi connectivity index (χ0v) is 17.5. The van der Waals surface area contributed by atoms with E-state index in [4.69, 9.17) is 4.42 Å². The second-order valence-corrected chi connectivity index (χ2v) is 7.72. The number of furan rings is 1. The van der Waals surface area contributed by atoms with Gasteiger partial charge in [-0.2, -0.15) is 4.37 Å². The Labute approximate surface area is 183 Å². The van der Waals surface area contributed by atoms with Crippen LogP contribution in [0.25, 0.3) is 0 Å². The van der Waals surface area contributed by atoms with Gasteiger partial charge in [0.1, 0.15) is 17.4 Å². The summed E-state index contributed by atoms with van der Waals surface area (Å²) in [5.41, 5.74) is 1.99. The minimum Gasteiger partial charge on any atom is -0.467 e. The molecular formula is C23H21FN4O2S. The Hall–Kier alpha value is -3.52. The molecule has 0 atom stereocenters. The first-order valence-corrected chi connectivity index (χ1v) is 10.6. The maximum absolute atomic E-state index is 13.1. The fourth-order valence-electron chi connectivity index (χ4n) is 3.05. The van der Waals surface area contributed by atoms with Crippen LogP contribution in [0.1, 0.15) is 22.7 Å². The quantitative estimate of drug-likeness (QED) is 0.426. The highest BCUT2D eigenvalue weighted by Crippen LogP contribution is 2.21. The lowest BCUT2D eigenvalue weighted by atomic mass is 10.1. The Kier molecular flexibility index (Phi) is 6.68. The Balaban J connectivity index is 1.46. The van der Waals surface area contributed by atoms with Gasteiger partial charge in [-0.1, -0.05) is 42.5 Å². The van der Waals surface area contributed by atoms with Crippen molar-refractivity contribution in [3.63, 3.8) is 0 Å². The Morgan fingerprint density at radius 3 is 2.58 bits per heavy atom. The summed E-state index contributed by atoms with van der Waals surface area (Å²) in [6.07, 6.45) is 2.08. The number of anilines is 1. The van der Waals surface area contributed by atoms with Crippen LogP contribution in [0.5, 0.6) is 0 Å². The lowest BCUT2D eigenvalue weighted by molar-refractivity contribution is -0.120. The van der Waals surface area contributed by atoms with Gasteiger partial charge in [-0.15, -0.1) is 0 Å². The number of amides is 1. The normalized spacial score (nSPS) is 10.7. The van der Waals surface area contributed by atoms with Crippen molar-refractivity contribution >= 4 is 22.6 Å². The molecule has 1 N–H and O–H groups in total. The second-order valence-electron chi connectivity index (χ2n) is 6.99. The van der Waals surface area contributed by atoms with E-state index < -0.39 is 0 Å². The van der Waals surface area contributed by atoms with Crippen LogP contribution in [0.3, 0.4) is 0 Å². The third kappa shape index (κ3) is 5.99. The van der Waals surface area contributed by atoms with Gasteiger partial charge in [-0.25, -0.2) is 9.37 Å². The fourth-order valence-corrected chi connectivity index (χ4v) is 3.74. The highest BCUT2D eigenvalue weighted by atomic mass is 32.1. The SMILES string of the molecule is O=C(CN(Cc1ccccc1)c1nc(Cc2ccc(F)cc2)ns1)NCc1ccco1. The zero-order chi connectivity index (χ0) is 21.5. The van der Waals surface area contributed by atoms with Crippen molar-refractivity contribution in [3.05, 3.63) is 102 Å². The monoisotopic (exact) mass is 436 g/mol. The molecule has 158 valence electrons. The molecule has 4 rings (SSSR count). The molecule has 2 aromatic heterocycles. The molecule has 0 aliphatic carbocycles. The van der Waals surface area contributed by atoms with Crippen molar-refractivity contribution in [3.8, 4) is 0 Å². The Morgan fingerprint density at radius 2 is 1.84 bits per heavy atom. The minimum atomic E-state index is -0.273. The molecule has 0 unspecified atom stereocenters. The molecule has 0 bridgehead atoms. The van der Waals surface area contributed by atoms with Crippen LogP contribution in [0.4, 0.5) is 9.52 Å². The molecule has 0 saturated carbocycles. The lowest BCUT2D eigenvalue weighted by Crippen LogP contribution is -2.36. The van der Waals surface area contributed by atoms with Crippen molar-refractivity contribution in [2.45, 2.75) is 19.5 Å². The number of nitrogens with zero attached hydrogens (tertiary/aromatic N) is 3. The highest BCUT2D eigenvalue weighted by Gasteiger charge is 2.17. The van der Waals surface area contributed by atoms with Crippen molar-refractivity contribution in [2.24, 2.45) is 0 Å². The number of halogens is 1.